The number of benzene rings is 2. The third-order valence-corrected chi connectivity index (χ3v) is 3.40. The number of anilines is 1. The van der Waals surface area contributed by atoms with Crippen molar-refractivity contribution in [2.24, 2.45) is 0 Å². The largest absolute Gasteiger partial charge is 0.426 e. The number of carbonyl (C=O) groups is 2. The minimum Gasteiger partial charge on any atom is -0.426 e. The summed E-state index contributed by atoms with van der Waals surface area (Å²) in [4.78, 5) is 26.0. The fraction of sp³-hybridized carbons (Fsp3) is 0.143. The van der Waals surface area contributed by atoms with Crippen molar-refractivity contribution in [2.75, 3.05) is 11.4 Å². The van der Waals surface area contributed by atoms with Crippen LogP contribution in [-0.4, -0.2) is 18.4 Å². The van der Waals surface area contributed by atoms with E-state index in [-0.39, 0.29) is 13.0 Å². The van der Waals surface area contributed by atoms with Crippen molar-refractivity contribution in [3.63, 3.8) is 0 Å². The molecule has 126 valence electrons. The number of ether oxygens (including phenoxy) is 1. The van der Waals surface area contributed by atoms with Gasteiger partial charge in [-0.15, -0.1) is 6.42 Å². The number of para-hydroxylation sites is 2. The molecule has 2 rings (SSSR count). The maximum absolute atomic E-state index is 12.5. The lowest BCUT2D eigenvalue weighted by atomic mass is 10.2. The molecule has 2 aromatic carbocycles. The van der Waals surface area contributed by atoms with Crippen molar-refractivity contribution in [3.8, 4) is 18.1 Å². The molecule has 0 aromatic heterocycles. The molecule has 25 heavy (non-hydrogen) atoms. The summed E-state index contributed by atoms with van der Waals surface area (Å²) in [6, 6.07) is 16.1. The number of esters is 1. The van der Waals surface area contributed by atoms with E-state index in [2.05, 4.69) is 5.92 Å². The highest BCUT2D eigenvalue weighted by Gasteiger charge is 2.20. The smallest absolute Gasteiger partial charge is 0.320 e. The summed E-state index contributed by atoms with van der Waals surface area (Å²) in [5.41, 5.74) is 1.42. The molecule has 0 aliphatic rings. The second-order valence-electron chi connectivity index (χ2n) is 5.21. The lowest BCUT2D eigenvalue weighted by Gasteiger charge is -2.20. The molecular formula is C21H19NO3. The van der Waals surface area contributed by atoms with E-state index in [0.29, 0.717) is 11.4 Å². The highest BCUT2D eigenvalue weighted by molar-refractivity contribution is 6.04. The molecule has 0 spiro atoms. The van der Waals surface area contributed by atoms with Gasteiger partial charge in [0.2, 0.25) is 5.91 Å². The molecule has 0 N–H and O–H groups in total. The first kappa shape index (κ1) is 18.0. The molecule has 1 amide bonds. The molecule has 0 saturated carbocycles. The number of terminal acetylenes is 1. The number of nitrogens with zero attached hydrogens (tertiary/aromatic N) is 1. The molecule has 0 bridgehead atoms. The SMILES string of the molecule is C#CCN(C(=O)CC(=O)Oc1ccccc1/C=C/C)c1ccccc1. The first-order valence-electron chi connectivity index (χ1n) is 7.87. The minimum absolute atomic E-state index is 0.0886. The van der Waals surface area contributed by atoms with Gasteiger partial charge in [0, 0.05) is 11.3 Å². The van der Waals surface area contributed by atoms with Crippen LogP contribution in [0.25, 0.3) is 6.08 Å². The first-order valence-corrected chi connectivity index (χ1v) is 7.87. The second-order valence-corrected chi connectivity index (χ2v) is 5.21. The molecule has 4 heteroatoms. The van der Waals surface area contributed by atoms with Crippen LogP contribution in [0.2, 0.25) is 0 Å². The van der Waals surface area contributed by atoms with Gasteiger partial charge in [0.05, 0.1) is 6.54 Å². The Kier molecular flexibility index (Phi) is 6.56. The van der Waals surface area contributed by atoms with Gasteiger partial charge in [0.15, 0.2) is 0 Å². The summed E-state index contributed by atoms with van der Waals surface area (Å²) in [5, 5.41) is 0. The average molecular weight is 333 g/mol. The van der Waals surface area contributed by atoms with Crippen LogP contribution in [0.5, 0.6) is 5.75 Å². The number of allylic oxidation sites excluding steroid dienone is 1. The minimum atomic E-state index is -0.625. The maximum Gasteiger partial charge on any atom is 0.320 e. The van der Waals surface area contributed by atoms with Crippen LogP contribution in [0.4, 0.5) is 5.69 Å². The van der Waals surface area contributed by atoms with Crippen molar-refractivity contribution in [1.82, 2.24) is 0 Å². The van der Waals surface area contributed by atoms with Gasteiger partial charge in [0.25, 0.3) is 0 Å². The molecule has 2 aromatic rings. The Balaban J connectivity index is 2.09. The zero-order chi connectivity index (χ0) is 18.1. The molecule has 0 fully saturated rings. The lowest BCUT2D eigenvalue weighted by molar-refractivity contribution is -0.137. The normalized spacial score (nSPS) is 10.2. The molecular weight excluding hydrogens is 314 g/mol. The van der Waals surface area contributed by atoms with Crippen LogP contribution in [0, 0.1) is 12.3 Å². The monoisotopic (exact) mass is 333 g/mol. The topological polar surface area (TPSA) is 46.6 Å². The van der Waals surface area contributed by atoms with Crippen molar-refractivity contribution in [3.05, 3.63) is 66.2 Å². The number of amides is 1. The summed E-state index contributed by atoms with van der Waals surface area (Å²) in [7, 11) is 0. The Morgan fingerprint density at radius 3 is 2.48 bits per heavy atom. The Morgan fingerprint density at radius 1 is 1.12 bits per heavy atom. The Labute approximate surface area is 147 Å². The predicted molar refractivity (Wildman–Crippen MR) is 99.0 cm³/mol. The summed E-state index contributed by atoms with van der Waals surface area (Å²) >= 11 is 0. The molecule has 0 atom stereocenters. The van der Waals surface area contributed by atoms with Gasteiger partial charge in [-0.3, -0.25) is 9.59 Å². The third kappa shape index (κ3) is 5.08. The van der Waals surface area contributed by atoms with Crippen molar-refractivity contribution in [1.29, 1.82) is 0 Å². The van der Waals surface area contributed by atoms with Gasteiger partial charge in [-0.2, -0.15) is 0 Å². The zero-order valence-corrected chi connectivity index (χ0v) is 14.0. The van der Waals surface area contributed by atoms with Gasteiger partial charge in [-0.05, 0) is 25.1 Å². The molecule has 0 heterocycles. The van der Waals surface area contributed by atoms with E-state index in [1.807, 2.05) is 37.3 Å². The summed E-state index contributed by atoms with van der Waals surface area (Å²) in [5.74, 6) is 1.83. The van der Waals surface area contributed by atoms with Crippen molar-refractivity contribution < 1.29 is 14.3 Å². The fourth-order valence-electron chi connectivity index (χ4n) is 2.29. The van der Waals surface area contributed by atoms with Crippen molar-refractivity contribution >= 4 is 23.6 Å². The molecule has 0 aliphatic heterocycles. The van der Waals surface area contributed by atoms with E-state index in [4.69, 9.17) is 11.2 Å². The third-order valence-electron chi connectivity index (χ3n) is 3.40. The maximum atomic E-state index is 12.5. The average Bonchev–Trinajstić information content (AvgIpc) is 2.62. The Bertz CT molecular complexity index is 803. The number of hydrogen-bond acceptors (Lipinski definition) is 3. The van der Waals surface area contributed by atoms with Gasteiger partial charge in [0.1, 0.15) is 12.2 Å². The standard InChI is InChI=1S/C21H19NO3/c1-3-10-17-11-8-9-14-19(17)25-21(24)16-20(23)22(15-4-2)18-12-6-5-7-13-18/h2-3,5-14H,15-16H2,1H3/b10-3+. The summed E-state index contributed by atoms with van der Waals surface area (Å²) < 4.78 is 5.34. The van der Waals surface area contributed by atoms with Gasteiger partial charge >= 0.3 is 5.97 Å². The Hall–Kier alpha value is -3.32. The van der Waals surface area contributed by atoms with Crippen LogP contribution >= 0.6 is 0 Å². The highest BCUT2D eigenvalue weighted by atomic mass is 16.5. The van der Waals surface area contributed by atoms with Gasteiger partial charge in [-0.1, -0.05) is 54.5 Å². The van der Waals surface area contributed by atoms with Gasteiger partial charge in [-0.25, -0.2) is 0 Å². The molecule has 0 saturated heterocycles. The van der Waals surface area contributed by atoms with E-state index in [0.717, 1.165) is 5.56 Å². The van der Waals surface area contributed by atoms with Crippen LogP contribution in [0.3, 0.4) is 0 Å². The molecule has 0 aliphatic carbocycles. The second kappa shape index (κ2) is 9.09. The first-order chi connectivity index (χ1) is 12.2. The van der Waals surface area contributed by atoms with E-state index in [1.165, 1.54) is 4.90 Å². The summed E-state index contributed by atoms with van der Waals surface area (Å²) in [6.45, 7) is 1.96. The number of hydrogen-bond donors (Lipinski definition) is 0. The van der Waals surface area contributed by atoms with Crippen LogP contribution in [-0.2, 0) is 9.59 Å². The van der Waals surface area contributed by atoms with Crippen LogP contribution in [0.1, 0.15) is 18.9 Å². The number of carbonyl (C=O) groups excluding carboxylic acids is 2. The van der Waals surface area contributed by atoms with E-state index < -0.39 is 11.9 Å². The van der Waals surface area contributed by atoms with Crippen molar-refractivity contribution in [2.45, 2.75) is 13.3 Å². The van der Waals surface area contributed by atoms with Crippen LogP contribution < -0.4 is 9.64 Å². The van der Waals surface area contributed by atoms with E-state index >= 15 is 0 Å². The lowest BCUT2D eigenvalue weighted by Crippen LogP contribution is -2.33. The Morgan fingerprint density at radius 2 is 1.80 bits per heavy atom. The van der Waals surface area contributed by atoms with E-state index in [9.17, 15) is 9.59 Å². The zero-order valence-electron chi connectivity index (χ0n) is 14.0. The quantitative estimate of drug-likeness (QED) is 0.351. The molecule has 0 radical (unpaired) electrons. The van der Waals surface area contributed by atoms with E-state index in [1.54, 1.807) is 36.4 Å². The molecule has 0 unspecified atom stereocenters. The predicted octanol–water partition coefficient (Wildman–Crippen LogP) is 3.68. The number of rotatable bonds is 6. The van der Waals surface area contributed by atoms with Gasteiger partial charge < -0.3 is 9.64 Å². The summed E-state index contributed by atoms with van der Waals surface area (Å²) in [6.07, 6.45) is 8.64. The fourth-order valence-corrected chi connectivity index (χ4v) is 2.29. The molecule has 4 nitrogen and oxygen atoms in total. The van der Waals surface area contributed by atoms with Crippen LogP contribution in [0.15, 0.2) is 60.7 Å². The highest BCUT2D eigenvalue weighted by Crippen LogP contribution is 2.20.